The van der Waals surface area contributed by atoms with Crippen molar-refractivity contribution >= 4 is 27.7 Å². The topological polar surface area (TPSA) is 59.7 Å². The van der Waals surface area contributed by atoms with Crippen LogP contribution in [0.25, 0.3) is 5.78 Å². The molecule has 0 saturated carbocycles. The lowest BCUT2D eigenvalue weighted by Gasteiger charge is -2.30. The first-order chi connectivity index (χ1) is 10.7. The van der Waals surface area contributed by atoms with Crippen LogP contribution in [0, 0.1) is 5.92 Å². The zero-order chi connectivity index (χ0) is 15.5. The van der Waals surface area contributed by atoms with Crippen molar-refractivity contribution < 1.29 is 9.53 Å². The number of likely N-dealkylation sites (tertiary alicyclic amines) is 1. The van der Waals surface area contributed by atoms with Crippen LogP contribution in [0.2, 0.25) is 0 Å². The van der Waals surface area contributed by atoms with Gasteiger partial charge in [-0.25, -0.2) is 9.97 Å². The first kappa shape index (κ1) is 15.4. The molecule has 1 saturated heterocycles. The second-order valence-electron chi connectivity index (χ2n) is 5.47. The number of carbonyl (C=O) groups excluding carboxylic acids is 1. The highest BCUT2D eigenvalue weighted by Crippen LogP contribution is 2.23. The fraction of sp³-hybridized carbons (Fsp3) is 0.533. The van der Waals surface area contributed by atoms with E-state index in [1.165, 1.54) is 0 Å². The molecule has 3 rings (SSSR count). The Balaban J connectivity index is 1.71. The molecule has 2 aromatic heterocycles. The number of halogens is 1. The molecule has 0 amide bonds. The number of nitrogens with zero attached hydrogens (tertiary/aromatic N) is 4. The van der Waals surface area contributed by atoms with E-state index in [0.29, 0.717) is 18.9 Å². The molecule has 2 aromatic rings. The Bertz CT molecular complexity index is 673. The van der Waals surface area contributed by atoms with Crippen molar-refractivity contribution in [2.45, 2.75) is 26.3 Å². The van der Waals surface area contributed by atoms with E-state index in [0.717, 1.165) is 36.2 Å². The second kappa shape index (κ2) is 6.75. The first-order valence-electron chi connectivity index (χ1n) is 7.55. The van der Waals surface area contributed by atoms with E-state index >= 15 is 0 Å². The van der Waals surface area contributed by atoms with Crippen LogP contribution >= 0.6 is 15.9 Å². The molecule has 0 bridgehead atoms. The second-order valence-corrected chi connectivity index (χ2v) is 6.22. The van der Waals surface area contributed by atoms with Gasteiger partial charge in [-0.1, -0.05) is 0 Å². The van der Waals surface area contributed by atoms with Gasteiger partial charge in [-0.3, -0.25) is 14.1 Å². The van der Waals surface area contributed by atoms with E-state index in [2.05, 4.69) is 30.8 Å². The number of ether oxygens (including phenoxy) is 1. The van der Waals surface area contributed by atoms with Gasteiger partial charge in [0.2, 0.25) is 5.78 Å². The highest BCUT2D eigenvalue weighted by Gasteiger charge is 2.27. The number of fused-ring (bicyclic) bond motifs is 1. The molecule has 1 unspecified atom stereocenters. The molecule has 118 valence electrons. The Morgan fingerprint density at radius 1 is 1.55 bits per heavy atom. The van der Waals surface area contributed by atoms with E-state index < -0.39 is 0 Å². The van der Waals surface area contributed by atoms with Crippen molar-refractivity contribution in [3.05, 3.63) is 28.8 Å². The maximum Gasteiger partial charge on any atom is 0.310 e. The van der Waals surface area contributed by atoms with Crippen LogP contribution in [0.3, 0.4) is 0 Å². The summed E-state index contributed by atoms with van der Waals surface area (Å²) in [5.74, 6) is 0.578. The van der Waals surface area contributed by atoms with Gasteiger partial charge >= 0.3 is 5.97 Å². The SMILES string of the molecule is CCOC(=O)C1CCCN(Cc2nc3ncccn3c2Br)C1. The van der Waals surface area contributed by atoms with Gasteiger partial charge in [0.15, 0.2) is 0 Å². The van der Waals surface area contributed by atoms with Gasteiger partial charge < -0.3 is 4.74 Å². The molecule has 22 heavy (non-hydrogen) atoms. The molecule has 1 atom stereocenters. The number of aromatic nitrogens is 3. The fourth-order valence-electron chi connectivity index (χ4n) is 2.87. The van der Waals surface area contributed by atoms with Crippen molar-refractivity contribution in [2.24, 2.45) is 5.92 Å². The van der Waals surface area contributed by atoms with E-state index in [1.807, 2.05) is 23.6 Å². The lowest BCUT2D eigenvalue weighted by Crippen LogP contribution is -2.39. The lowest BCUT2D eigenvalue weighted by molar-refractivity contribution is -0.150. The third-order valence-electron chi connectivity index (χ3n) is 3.91. The summed E-state index contributed by atoms with van der Waals surface area (Å²) in [6.45, 7) is 4.70. The van der Waals surface area contributed by atoms with Gasteiger partial charge in [0.05, 0.1) is 18.2 Å². The predicted octanol–water partition coefficient (Wildman–Crippen LogP) is 2.27. The van der Waals surface area contributed by atoms with Crippen molar-refractivity contribution in [3.8, 4) is 0 Å². The smallest absolute Gasteiger partial charge is 0.310 e. The van der Waals surface area contributed by atoms with Crippen LogP contribution in [0.5, 0.6) is 0 Å². The van der Waals surface area contributed by atoms with Gasteiger partial charge in [0.1, 0.15) is 4.60 Å². The Hall–Kier alpha value is -1.47. The average Bonchev–Trinajstić information content (AvgIpc) is 2.84. The van der Waals surface area contributed by atoms with Gasteiger partial charge in [-0.2, -0.15) is 0 Å². The minimum Gasteiger partial charge on any atom is -0.466 e. The normalized spacial score (nSPS) is 19.5. The number of imidazole rings is 1. The summed E-state index contributed by atoms with van der Waals surface area (Å²) >= 11 is 3.59. The number of carbonyl (C=O) groups is 1. The molecule has 6 nitrogen and oxygen atoms in total. The summed E-state index contributed by atoms with van der Waals surface area (Å²) in [6, 6.07) is 1.88. The van der Waals surface area contributed by atoms with Crippen LogP contribution in [-0.2, 0) is 16.1 Å². The van der Waals surface area contributed by atoms with Gasteiger partial charge in [0, 0.05) is 25.5 Å². The summed E-state index contributed by atoms with van der Waals surface area (Å²) in [5.41, 5.74) is 0.947. The van der Waals surface area contributed by atoms with E-state index in [9.17, 15) is 4.79 Å². The van der Waals surface area contributed by atoms with Gasteiger partial charge in [-0.05, 0) is 48.3 Å². The fourth-order valence-corrected chi connectivity index (χ4v) is 3.36. The molecule has 1 fully saturated rings. The number of hydrogen-bond acceptors (Lipinski definition) is 5. The predicted molar refractivity (Wildman–Crippen MR) is 85.3 cm³/mol. The number of rotatable bonds is 4. The third-order valence-corrected chi connectivity index (χ3v) is 4.75. The molecular formula is C15H19BrN4O2. The van der Waals surface area contributed by atoms with Crippen LogP contribution < -0.4 is 0 Å². The van der Waals surface area contributed by atoms with Crippen molar-refractivity contribution in [1.29, 1.82) is 0 Å². The summed E-state index contributed by atoms with van der Waals surface area (Å²) in [5, 5.41) is 0. The molecule has 0 N–H and O–H groups in total. The monoisotopic (exact) mass is 366 g/mol. The maximum absolute atomic E-state index is 11.9. The third kappa shape index (κ3) is 3.15. The maximum atomic E-state index is 11.9. The first-order valence-corrected chi connectivity index (χ1v) is 8.34. The Labute approximate surface area is 137 Å². The Morgan fingerprint density at radius 3 is 3.18 bits per heavy atom. The summed E-state index contributed by atoms with van der Waals surface area (Å²) < 4.78 is 7.99. The summed E-state index contributed by atoms with van der Waals surface area (Å²) in [6.07, 6.45) is 5.58. The standard InChI is InChI=1S/C15H19BrN4O2/c1-2-22-14(21)11-5-3-7-19(9-11)10-12-13(16)20-8-4-6-17-15(20)18-12/h4,6,8,11H,2-3,5,7,9-10H2,1H3. The quantitative estimate of drug-likeness (QED) is 0.776. The summed E-state index contributed by atoms with van der Waals surface area (Å²) in [7, 11) is 0. The average molecular weight is 367 g/mol. The molecule has 3 heterocycles. The Kier molecular flexibility index (Phi) is 4.73. The number of hydrogen-bond donors (Lipinski definition) is 0. The zero-order valence-electron chi connectivity index (χ0n) is 12.5. The molecule has 1 aliphatic rings. The van der Waals surface area contributed by atoms with Gasteiger partial charge in [-0.15, -0.1) is 0 Å². The number of piperidine rings is 1. The molecule has 0 aromatic carbocycles. The van der Waals surface area contributed by atoms with E-state index in [-0.39, 0.29) is 11.9 Å². The highest BCUT2D eigenvalue weighted by atomic mass is 79.9. The van der Waals surface area contributed by atoms with Crippen LogP contribution in [-0.4, -0.2) is 44.9 Å². The molecule has 0 radical (unpaired) electrons. The lowest BCUT2D eigenvalue weighted by atomic mass is 9.98. The molecular weight excluding hydrogens is 348 g/mol. The molecule has 0 aliphatic carbocycles. The van der Waals surface area contributed by atoms with Crippen LogP contribution in [0.4, 0.5) is 0 Å². The molecule has 7 heteroatoms. The Morgan fingerprint density at radius 2 is 2.41 bits per heavy atom. The van der Waals surface area contributed by atoms with E-state index in [4.69, 9.17) is 4.74 Å². The minimum atomic E-state index is -0.0806. The zero-order valence-corrected chi connectivity index (χ0v) is 14.1. The van der Waals surface area contributed by atoms with Crippen molar-refractivity contribution in [3.63, 3.8) is 0 Å². The molecule has 0 spiro atoms. The van der Waals surface area contributed by atoms with E-state index in [1.54, 1.807) is 6.20 Å². The largest absolute Gasteiger partial charge is 0.466 e. The van der Waals surface area contributed by atoms with Crippen LogP contribution in [0.15, 0.2) is 23.1 Å². The minimum absolute atomic E-state index is 0.0253. The highest BCUT2D eigenvalue weighted by molar-refractivity contribution is 9.10. The summed E-state index contributed by atoms with van der Waals surface area (Å²) in [4.78, 5) is 23.0. The number of esters is 1. The molecule has 1 aliphatic heterocycles. The van der Waals surface area contributed by atoms with Crippen LogP contribution in [0.1, 0.15) is 25.5 Å². The van der Waals surface area contributed by atoms with Crippen molar-refractivity contribution in [2.75, 3.05) is 19.7 Å². The van der Waals surface area contributed by atoms with Gasteiger partial charge in [0.25, 0.3) is 0 Å². The van der Waals surface area contributed by atoms with Crippen molar-refractivity contribution in [1.82, 2.24) is 19.3 Å².